The fourth-order valence-corrected chi connectivity index (χ4v) is 2.79. The van der Waals surface area contributed by atoms with Crippen molar-refractivity contribution in [2.24, 2.45) is 13.0 Å². The zero-order chi connectivity index (χ0) is 15.7. The van der Waals surface area contributed by atoms with Crippen LogP contribution in [0.1, 0.15) is 18.0 Å². The minimum atomic E-state index is -0.181. The Morgan fingerprint density at radius 1 is 1.45 bits per heavy atom. The Labute approximate surface area is 136 Å². The van der Waals surface area contributed by atoms with E-state index in [1.54, 1.807) is 26.4 Å². The van der Waals surface area contributed by atoms with Crippen LogP contribution in [0.25, 0.3) is 0 Å². The summed E-state index contributed by atoms with van der Waals surface area (Å²) in [6.45, 7) is 0.565. The number of ether oxygens (including phenoxy) is 2. The van der Waals surface area contributed by atoms with Crippen LogP contribution in [0.5, 0.6) is 11.6 Å². The molecule has 0 saturated heterocycles. The average molecular weight is 366 g/mol. The third-order valence-electron chi connectivity index (χ3n) is 3.74. The maximum Gasteiger partial charge on any atom is 0.281 e. The summed E-state index contributed by atoms with van der Waals surface area (Å²) < 4.78 is 12.5. The Bertz CT molecular complexity index is 704. The first-order valence-electron chi connectivity index (χ1n) is 6.95. The van der Waals surface area contributed by atoms with Crippen molar-refractivity contribution >= 4 is 15.9 Å². The number of hydrogen-bond acceptors (Lipinski definition) is 5. The van der Waals surface area contributed by atoms with Crippen LogP contribution < -0.4 is 15.0 Å². The molecule has 3 rings (SSSR count). The summed E-state index contributed by atoms with van der Waals surface area (Å²) in [5.41, 5.74) is 0.878. The van der Waals surface area contributed by atoms with Gasteiger partial charge in [-0.25, -0.2) is 4.68 Å². The van der Waals surface area contributed by atoms with Gasteiger partial charge >= 0.3 is 0 Å². The van der Waals surface area contributed by atoms with Crippen LogP contribution in [0.4, 0.5) is 0 Å². The standard InChI is InChI=1S/C15H16BrN3O3/c1-19-15(20)12(16)6-14(18-19)22-8-9-5-11(9)13-4-3-10(21-2)7-17-13/h3-4,6-7,9,11H,5,8H2,1-2H3. The molecular weight excluding hydrogens is 350 g/mol. The fraction of sp³-hybridized carbons (Fsp3) is 0.400. The van der Waals surface area contributed by atoms with E-state index < -0.39 is 0 Å². The number of nitrogens with zero attached hydrogens (tertiary/aromatic N) is 3. The molecule has 0 radical (unpaired) electrons. The highest BCUT2D eigenvalue weighted by Gasteiger charge is 2.40. The van der Waals surface area contributed by atoms with Crippen molar-refractivity contribution in [1.29, 1.82) is 0 Å². The zero-order valence-corrected chi connectivity index (χ0v) is 13.9. The van der Waals surface area contributed by atoms with E-state index in [2.05, 4.69) is 26.0 Å². The number of halogens is 1. The molecule has 1 aliphatic carbocycles. The van der Waals surface area contributed by atoms with Crippen LogP contribution >= 0.6 is 15.9 Å². The van der Waals surface area contributed by atoms with Gasteiger partial charge in [0.15, 0.2) is 0 Å². The normalized spacial score (nSPS) is 19.8. The first-order valence-corrected chi connectivity index (χ1v) is 7.74. The van der Waals surface area contributed by atoms with E-state index in [-0.39, 0.29) is 5.56 Å². The van der Waals surface area contributed by atoms with Gasteiger partial charge in [-0.3, -0.25) is 9.78 Å². The molecule has 1 aliphatic rings. The molecule has 6 nitrogen and oxygen atoms in total. The van der Waals surface area contributed by atoms with Gasteiger partial charge in [-0.15, -0.1) is 5.10 Å². The third kappa shape index (κ3) is 3.14. The van der Waals surface area contributed by atoms with Gasteiger partial charge in [0.1, 0.15) is 5.75 Å². The second-order valence-electron chi connectivity index (χ2n) is 5.30. The van der Waals surface area contributed by atoms with E-state index in [1.165, 1.54) is 4.68 Å². The Morgan fingerprint density at radius 2 is 2.27 bits per heavy atom. The molecular formula is C15H16BrN3O3. The van der Waals surface area contributed by atoms with Crippen LogP contribution in [-0.4, -0.2) is 28.5 Å². The highest BCUT2D eigenvalue weighted by molar-refractivity contribution is 9.10. The molecule has 2 atom stereocenters. The molecule has 116 valence electrons. The molecule has 2 heterocycles. The summed E-state index contributed by atoms with van der Waals surface area (Å²) in [5.74, 6) is 2.05. The number of rotatable bonds is 5. The quantitative estimate of drug-likeness (QED) is 0.811. The number of pyridine rings is 1. The minimum Gasteiger partial charge on any atom is -0.495 e. The van der Waals surface area contributed by atoms with Gasteiger partial charge in [0.05, 0.1) is 24.4 Å². The minimum absolute atomic E-state index is 0.181. The highest BCUT2D eigenvalue weighted by Crippen LogP contribution is 2.46. The molecule has 2 unspecified atom stereocenters. The summed E-state index contributed by atoms with van der Waals surface area (Å²) in [7, 11) is 3.23. The topological polar surface area (TPSA) is 66.2 Å². The average Bonchev–Trinajstić information content (AvgIpc) is 3.30. The second-order valence-corrected chi connectivity index (χ2v) is 6.15. The molecule has 7 heteroatoms. The van der Waals surface area contributed by atoms with Crippen molar-refractivity contribution in [1.82, 2.24) is 14.8 Å². The Kier molecular flexibility index (Phi) is 4.15. The second kappa shape index (κ2) is 6.08. The summed E-state index contributed by atoms with van der Waals surface area (Å²) in [6.07, 6.45) is 2.78. The monoisotopic (exact) mass is 365 g/mol. The lowest BCUT2D eigenvalue weighted by molar-refractivity contribution is 0.277. The first kappa shape index (κ1) is 15.0. The molecule has 0 N–H and O–H groups in total. The van der Waals surface area contributed by atoms with Gasteiger partial charge in [-0.2, -0.15) is 0 Å². The Balaban J connectivity index is 1.58. The van der Waals surface area contributed by atoms with Crippen molar-refractivity contribution in [3.8, 4) is 11.6 Å². The van der Waals surface area contributed by atoms with Gasteiger partial charge < -0.3 is 9.47 Å². The lowest BCUT2D eigenvalue weighted by atomic mass is 10.2. The summed E-state index contributed by atoms with van der Waals surface area (Å²) in [4.78, 5) is 15.9. The molecule has 1 fully saturated rings. The van der Waals surface area contributed by atoms with E-state index in [4.69, 9.17) is 9.47 Å². The van der Waals surface area contributed by atoms with E-state index in [9.17, 15) is 4.79 Å². The molecule has 1 saturated carbocycles. The smallest absolute Gasteiger partial charge is 0.281 e. The molecule has 2 aromatic heterocycles. The molecule has 0 amide bonds. The van der Waals surface area contributed by atoms with Crippen molar-refractivity contribution in [3.05, 3.63) is 44.9 Å². The Morgan fingerprint density at radius 3 is 2.91 bits per heavy atom. The summed E-state index contributed by atoms with van der Waals surface area (Å²) in [5, 5.41) is 4.07. The predicted molar refractivity (Wildman–Crippen MR) is 84.3 cm³/mol. The molecule has 0 aliphatic heterocycles. The van der Waals surface area contributed by atoms with Gasteiger partial charge in [-0.1, -0.05) is 0 Å². The van der Waals surface area contributed by atoms with Gasteiger partial charge in [0.25, 0.3) is 5.56 Å². The fourth-order valence-electron chi connectivity index (χ4n) is 2.34. The zero-order valence-electron chi connectivity index (χ0n) is 12.3. The number of hydrogen-bond donors (Lipinski definition) is 0. The van der Waals surface area contributed by atoms with Gasteiger partial charge in [-0.05, 0) is 34.5 Å². The van der Waals surface area contributed by atoms with Crippen LogP contribution in [0.2, 0.25) is 0 Å². The first-order chi connectivity index (χ1) is 10.6. The van der Waals surface area contributed by atoms with Crippen LogP contribution in [0.15, 0.2) is 33.7 Å². The predicted octanol–water partition coefficient (Wildman–Crippen LogP) is 2.13. The van der Waals surface area contributed by atoms with Crippen molar-refractivity contribution in [2.75, 3.05) is 13.7 Å². The molecule has 0 bridgehead atoms. The van der Waals surface area contributed by atoms with Crippen molar-refractivity contribution in [3.63, 3.8) is 0 Å². The maximum atomic E-state index is 11.5. The van der Waals surface area contributed by atoms with E-state index >= 15 is 0 Å². The SMILES string of the molecule is COc1ccc(C2CC2COc2cc(Br)c(=O)n(C)n2)nc1. The highest BCUT2D eigenvalue weighted by atomic mass is 79.9. The molecule has 2 aromatic rings. The van der Waals surface area contributed by atoms with Crippen LogP contribution in [-0.2, 0) is 7.05 Å². The van der Waals surface area contributed by atoms with Crippen LogP contribution in [0, 0.1) is 5.92 Å². The molecule has 0 aromatic carbocycles. The number of aromatic nitrogens is 3. The largest absolute Gasteiger partial charge is 0.495 e. The van der Waals surface area contributed by atoms with Crippen molar-refractivity contribution in [2.45, 2.75) is 12.3 Å². The third-order valence-corrected chi connectivity index (χ3v) is 4.31. The lowest BCUT2D eigenvalue weighted by Gasteiger charge is -2.07. The molecule has 22 heavy (non-hydrogen) atoms. The van der Waals surface area contributed by atoms with Crippen molar-refractivity contribution < 1.29 is 9.47 Å². The van der Waals surface area contributed by atoms with E-state index in [1.807, 2.05) is 12.1 Å². The maximum absolute atomic E-state index is 11.5. The van der Waals surface area contributed by atoms with E-state index in [0.29, 0.717) is 28.8 Å². The summed E-state index contributed by atoms with van der Waals surface area (Å²) >= 11 is 3.21. The summed E-state index contributed by atoms with van der Waals surface area (Å²) in [6, 6.07) is 5.51. The van der Waals surface area contributed by atoms with E-state index in [0.717, 1.165) is 17.9 Å². The molecule has 0 spiro atoms. The number of aryl methyl sites for hydroxylation is 1. The number of methoxy groups -OCH3 is 1. The Hall–Kier alpha value is -1.89. The lowest BCUT2D eigenvalue weighted by Crippen LogP contribution is -2.20. The van der Waals surface area contributed by atoms with Gasteiger partial charge in [0.2, 0.25) is 5.88 Å². The van der Waals surface area contributed by atoms with Crippen LogP contribution in [0.3, 0.4) is 0 Å². The van der Waals surface area contributed by atoms with Gasteiger partial charge in [0, 0.05) is 30.6 Å².